The molecule has 0 radical (unpaired) electrons. The average Bonchev–Trinajstić information content (AvgIpc) is 3.12. The van der Waals surface area contributed by atoms with E-state index in [2.05, 4.69) is 26.0 Å². The van der Waals surface area contributed by atoms with Crippen molar-refractivity contribution in [3.8, 4) is 0 Å². The van der Waals surface area contributed by atoms with E-state index >= 15 is 0 Å². The molecule has 0 aliphatic carbocycles. The first-order valence-electron chi connectivity index (χ1n) is 9.49. The Morgan fingerprint density at radius 3 is 2.61 bits per heavy atom. The normalized spacial score (nSPS) is 10.8. The number of aromatic nitrogens is 3. The van der Waals surface area contributed by atoms with Gasteiger partial charge >= 0.3 is 0 Å². The summed E-state index contributed by atoms with van der Waals surface area (Å²) in [6, 6.07) is 14.2. The Kier molecular flexibility index (Phi) is 5.94. The molecule has 4 aromatic rings. The third kappa shape index (κ3) is 4.56. The molecule has 2 N–H and O–H groups in total. The molecular formula is C22H19N5O3S. The lowest BCUT2D eigenvalue weighted by molar-refractivity contribution is 0.0842. The molecule has 8 nitrogen and oxygen atoms in total. The summed E-state index contributed by atoms with van der Waals surface area (Å²) in [6.07, 6.45) is 1.62. The number of fused-ring (bicyclic) bond motifs is 1. The Morgan fingerprint density at radius 1 is 1.00 bits per heavy atom. The van der Waals surface area contributed by atoms with E-state index < -0.39 is 11.8 Å². The molecule has 156 valence electrons. The monoisotopic (exact) mass is 433 g/mol. The van der Waals surface area contributed by atoms with Gasteiger partial charge in [0.2, 0.25) is 0 Å². The van der Waals surface area contributed by atoms with Crippen molar-refractivity contribution in [2.45, 2.75) is 24.6 Å². The number of pyridine rings is 2. The van der Waals surface area contributed by atoms with Crippen molar-refractivity contribution in [1.82, 2.24) is 26.0 Å². The molecule has 0 aliphatic heterocycles. The van der Waals surface area contributed by atoms with E-state index in [4.69, 9.17) is 4.52 Å². The maximum Gasteiger partial charge on any atom is 0.288 e. The van der Waals surface area contributed by atoms with Gasteiger partial charge in [0, 0.05) is 22.9 Å². The van der Waals surface area contributed by atoms with Gasteiger partial charge in [-0.25, -0.2) is 9.97 Å². The highest BCUT2D eigenvalue weighted by atomic mass is 32.2. The van der Waals surface area contributed by atoms with Crippen molar-refractivity contribution < 1.29 is 14.1 Å². The van der Waals surface area contributed by atoms with Crippen molar-refractivity contribution in [1.29, 1.82) is 0 Å². The zero-order valence-corrected chi connectivity index (χ0v) is 17.7. The van der Waals surface area contributed by atoms with Gasteiger partial charge in [0.05, 0.1) is 16.8 Å². The van der Waals surface area contributed by atoms with Crippen molar-refractivity contribution in [3.63, 3.8) is 0 Å². The van der Waals surface area contributed by atoms with Crippen molar-refractivity contribution in [2.75, 3.05) is 0 Å². The largest absolute Gasteiger partial charge is 0.361 e. The smallest absolute Gasteiger partial charge is 0.288 e. The number of hydrazine groups is 1. The van der Waals surface area contributed by atoms with E-state index in [1.54, 1.807) is 24.4 Å². The number of benzene rings is 1. The van der Waals surface area contributed by atoms with Crippen molar-refractivity contribution in [3.05, 3.63) is 83.0 Å². The molecule has 0 fully saturated rings. The quantitative estimate of drug-likeness (QED) is 0.365. The molecule has 3 heterocycles. The molecule has 0 saturated carbocycles. The molecular weight excluding hydrogens is 414 g/mol. The first-order chi connectivity index (χ1) is 15.0. The van der Waals surface area contributed by atoms with E-state index in [0.717, 1.165) is 22.4 Å². The van der Waals surface area contributed by atoms with Gasteiger partial charge in [-0.2, -0.15) is 0 Å². The molecule has 9 heteroatoms. The van der Waals surface area contributed by atoms with Gasteiger partial charge in [0.25, 0.3) is 11.8 Å². The van der Waals surface area contributed by atoms with Crippen LogP contribution < -0.4 is 10.9 Å². The number of hydrogen-bond donors (Lipinski definition) is 2. The first kappa shape index (κ1) is 20.5. The summed E-state index contributed by atoms with van der Waals surface area (Å²) in [4.78, 5) is 33.7. The number of carbonyl (C=O) groups excluding carboxylic acids is 2. The van der Waals surface area contributed by atoms with E-state index in [1.807, 2.05) is 44.2 Å². The number of thioether (sulfide) groups is 1. The topological polar surface area (TPSA) is 110 Å². The van der Waals surface area contributed by atoms with Crippen LogP contribution in [0.25, 0.3) is 10.9 Å². The lowest BCUT2D eigenvalue weighted by Crippen LogP contribution is -2.42. The number of amides is 2. The average molecular weight is 433 g/mol. The van der Waals surface area contributed by atoms with Gasteiger partial charge in [-0.05, 0) is 38.1 Å². The Morgan fingerprint density at radius 2 is 1.81 bits per heavy atom. The molecule has 3 aromatic heterocycles. The van der Waals surface area contributed by atoms with Crippen LogP contribution in [0.5, 0.6) is 0 Å². The highest BCUT2D eigenvalue weighted by Gasteiger charge is 2.17. The molecule has 1 aromatic carbocycles. The fourth-order valence-electron chi connectivity index (χ4n) is 2.96. The number of hydrogen-bond acceptors (Lipinski definition) is 7. The Hall–Kier alpha value is -3.72. The summed E-state index contributed by atoms with van der Waals surface area (Å²) >= 11 is 1.40. The Bertz CT molecular complexity index is 1250. The van der Waals surface area contributed by atoms with Gasteiger partial charge in [-0.3, -0.25) is 20.4 Å². The zero-order valence-electron chi connectivity index (χ0n) is 16.9. The van der Waals surface area contributed by atoms with E-state index in [1.165, 1.54) is 11.8 Å². The third-order valence-corrected chi connectivity index (χ3v) is 5.70. The van der Waals surface area contributed by atoms with Crippen molar-refractivity contribution >= 4 is 34.5 Å². The summed E-state index contributed by atoms with van der Waals surface area (Å²) in [5.41, 5.74) is 7.89. The first-order valence-corrected chi connectivity index (χ1v) is 10.5. The van der Waals surface area contributed by atoms with Crippen LogP contribution >= 0.6 is 11.8 Å². The van der Waals surface area contributed by atoms with Crippen LogP contribution in [0.1, 0.15) is 37.9 Å². The molecule has 0 saturated heterocycles. The van der Waals surface area contributed by atoms with Crippen LogP contribution in [-0.4, -0.2) is 26.9 Å². The molecule has 0 aliphatic rings. The molecule has 4 rings (SSSR count). The summed E-state index contributed by atoms with van der Waals surface area (Å²) in [5.74, 6) is 0.324. The summed E-state index contributed by atoms with van der Waals surface area (Å²) in [5, 5.41) is 5.41. The summed E-state index contributed by atoms with van der Waals surface area (Å²) in [6.45, 7) is 3.72. The number of nitrogens with one attached hydrogen (secondary N) is 2. The minimum Gasteiger partial charge on any atom is -0.361 e. The van der Waals surface area contributed by atoms with Crippen LogP contribution in [0.3, 0.4) is 0 Å². The second-order valence-corrected chi connectivity index (χ2v) is 7.71. The number of carbonyl (C=O) groups is 2. The van der Waals surface area contributed by atoms with E-state index in [0.29, 0.717) is 21.9 Å². The number of aryl methyl sites for hydroxylation is 2. The van der Waals surface area contributed by atoms with Crippen LogP contribution in [0.4, 0.5) is 0 Å². The second kappa shape index (κ2) is 8.97. The van der Waals surface area contributed by atoms with Gasteiger partial charge in [0.1, 0.15) is 16.5 Å². The highest BCUT2D eigenvalue weighted by Crippen LogP contribution is 2.27. The van der Waals surface area contributed by atoms with Gasteiger partial charge in [-0.15, -0.1) is 11.8 Å². The number of para-hydroxylation sites is 1. The van der Waals surface area contributed by atoms with Crippen LogP contribution in [0.15, 0.2) is 64.3 Å². The molecule has 2 amide bonds. The van der Waals surface area contributed by atoms with Gasteiger partial charge < -0.3 is 4.52 Å². The molecule has 0 atom stereocenters. The SMILES string of the molecule is Cc1noc(C)c1CSc1ncccc1C(=O)NNC(=O)c1ccc2ccccc2n1. The van der Waals surface area contributed by atoms with E-state index in [9.17, 15) is 9.59 Å². The van der Waals surface area contributed by atoms with Crippen LogP contribution in [0, 0.1) is 13.8 Å². The maximum atomic E-state index is 12.7. The highest BCUT2D eigenvalue weighted by molar-refractivity contribution is 7.98. The zero-order chi connectivity index (χ0) is 21.8. The van der Waals surface area contributed by atoms with Crippen LogP contribution in [0.2, 0.25) is 0 Å². The molecule has 0 bridgehead atoms. The Balaban J connectivity index is 1.43. The minimum absolute atomic E-state index is 0.207. The van der Waals surface area contributed by atoms with E-state index in [-0.39, 0.29) is 5.69 Å². The van der Waals surface area contributed by atoms with Gasteiger partial charge in [-0.1, -0.05) is 29.4 Å². The predicted octanol–water partition coefficient (Wildman–Crippen LogP) is 3.60. The molecule has 31 heavy (non-hydrogen) atoms. The maximum absolute atomic E-state index is 12.7. The Labute approximate surface area is 182 Å². The standard InChI is InChI=1S/C22H19N5O3S/c1-13-17(14(2)30-27-13)12-31-22-16(7-5-11-23-22)20(28)25-26-21(29)19-10-9-15-6-3-4-8-18(15)24-19/h3-11H,12H2,1-2H3,(H,25,28)(H,26,29). The fraction of sp³-hybridized carbons (Fsp3) is 0.136. The fourth-order valence-corrected chi connectivity index (χ4v) is 4.11. The van der Waals surface area contributed by atoms with Crippen molar-refractivity contribution in [2.24, 2.45) is 0 Å². The lowest BCUT2D eigenvalue weighted by Gasteiger charge is -2.10. The number of rotatable bonds is 5. The molecule has 0 unspecified atom stereocenters. The number of nitrogens with zero attached hydrogens (tertiary/aromatic N) is 3. The summed E-state index contributed by atoms with van der Waals surface area (Å²) in [7, 11) is 0. The summed E-state index contributed by atoms with van der Waals surface area (Å²) < 4.78 is 5.18. The second-order valence-electron chi connectivity index (χ2n) is 6.74. The minimum atomic E-state index is -0.507. The third-order valence-electron chi connectivity index (χ3n) is 4.67. The predicted molar refractivity (Wildman–Crippen MR) is 116 cm³/mol. The van der Waals surface area contributed by atoms with Gasteiger partial charge in [0.15, 0.2) is 0 Å². The van der Waals surface area contributed by atoms with Crippen LogP contribution in [-0.2, 0) is 5.75 Å². The lowest BCUT2D eigenvalue weighted by atomic mass is 10.2. The molecule has 0 spiro atoms.